The maximum Gasteiger partial charge on any atom is 0.295 e. The first-order chi connectivity index (χ1) is 25.2. The van der Waals surface area contributed by atoms with Crippen LogP contribution in [0.25, 0.3) is 38.7 Å². The van der Waals surface area contributed by atoms with Crippen LogP contribution >= 0.6 is 0 Å². The molecule has 0 aliphatic heterocycles. The van der Waals surface area contributed by atoms with E-state index in [9.17, 15) is 5.26 Å². The molecule has 0 amide bonds. The normalized spacial score (nSPS) is 11.1. The van der Waals surface area contributed by atoms with Gasteiger partial charge in [-0.1, -0.05) is 128 Å². The summed E-state index contributed by atoms with van der Waals surface area (Å²) in [6, 6.07) is 54.3. The summed E-state index contributed by atoms with van der Waals surface area (Å²) in [5, 5.41) is 18.8. The summed E-state index contributed by atoms with van der Waals surface area (Å²) in [6.45, 7) is 7.60. The van der Waals surface area contributed by atoms with Gasteiger partial charge in [0.15, 0.2) is 17.3 Å². The summed E-state index contributed by atoms with van der Waals surface area (Å²) in [5.41, 5.74) is 6.23. The van der Waals surface area contributed by atoms with Crippen molar-refractivity contribution in [3.8, 4) is 40.0 Å². The van der Waals surface area contributed by atoms with Crippen molar-refractivity contribution in [3.05, 3.63) is 210 Å². The van der Waals surface area contributed by atoms with Crippen molar-refractivity contribution in [2.45, 2.75) is 5.41 Å². The lowest BCUT2D eigenvalue weighted by molar-refractivity contribution is 0.673. The number of nitriles is 1. The number of aromatic nitrogens is 6. The lowest BCUT2D eigenvalue weighted by Crippen LogP contribution is -2.34. The number of rotatable bonds is 8. The Morgan fingerprint density at radius 2 is 0.980 bits per heavy atom. The van der Waals surface area contributed by atoms with E-state index >= 15 is 0 Å². The number of benzene rings is 4. The van der Waals surface area contributed by atoms with Gasteiger partial charge in [0.1, 0.15) is 11.5 Å². The van der Waals surface area contributed by atoms with Crippen molar-refractivity contribution in [2.75, 3.05) is 0 Å². The molecule has 8 heteroatoms. The molecule has 0 radical (unpaired) electrons. The van der Waals surface area contributed by atoms with Gasteiger partial charge in [0, 0.05) is 23.5 Å². The van der Waals surface area contributed by atoms with E-state index in [4.69, 9.17) is 16.5 Å². The highest BCUT2D eigenvalue weighted by molar-refractivity contribution is 5.74. The summed E-state index contributed by atoms with van der Waals surface area (Å²) in [7, 11) is 0. The number of hydrogen-bond acceptors (Lipinski definition) is 5. The van der Waals surface area contributed by atoms with E-state index in [0.29, 0.717) is 28.7 Å². The van der Waals surface area contributed by atoms with E-state index in [1.807, 2.05) is 97.1 Å². The molecule has 0 aliphatic rings. The minimum absolute atomic E-state index is 0.275. The molecular formula is C43H28N8. The van der Waals surface area contributed by atoms with Gasteiger partial charge in [-0.3, -0.25) is 0 Å². The third-order valence-corrected chi connectivity index (χ3v) is 8.93. The van der Waals surface area contributed by atoms with Gasteiger partial charge in [-0.25, -0.2) is 14.6 Å². The Hall–Kier alpha value is -7.42. The molecule has 0 saturated carbocycles. The minimum Gasteiger partial charge on any atom is -0.359 e. The molecule has 0 atom stereocenters. The monoisotopic (exact) mass is 656 g/mol. The molecule has 0 fully saturated rings. The van der Waals surface area contributed by atoms with Crippen LogP contribution in [0.1, 0.15) is 28.2 Å². The Labute approximate surface area is 295 Å². The van der Waals surface area contributed by atoms with Gasteiger partial charge in [-0.05, 0) is 63.8 Å². The molecule has 8 aromatic rings. The van der Waals surface area contributed by atoms with Crippen LogP contribution in [0.2, 0.25) is 0 Å². The molecule has 0 unspecified atom stereocenters. The van der Waals surface area contributed by atoms with E-state index in [1.54, 1.807) is 33.9 Å². The molecule has 0 N–H and O–H groups in total. The average molecular weight is 657 g/mol. The Bertz CT molecular complexity index is 2360. The molecule has 8 rings (SSSR count). The van der Waals surface area contributed by atoms with Gasteiger partial charge in [-0.15, -0.1) is 4.68 Å². The fourth-order valence-electron chi connectivity index (χ4n) is 6.61. The molecule has 0 aliphatic carbocycles. The maximum atomic E-state index is 9.68. The highest BCUT2D eigenvalue weighted by atomic mass is 15.3. The van der Waals surface area contributed by atoms with E-state index in [2.05, 4.69) is 69.6 Å². The third kappa shape index (κ3) is 5.53. The van der Waals surface area contributed by atoms with Gasteiger partial charge in [0.2, 0.25) is 0 Å². The fourth-order valence-corrected chi connectivity index (χ4v) is 6.61. The second-order valence-corrected chi connectivity index (χ2v) is 11.8. The number of hydrogen-bond donors (Lipinski definition) is 0. The van der Waals surface area contributed by atoms with E-state index in [-0.39, 0.29) is 5.82 Å². The lowest BCUT2D eigenvalue weighted by atomic mass is 9.69. The summed E-state index contributed by atoms with van der Waals surface area (Å²) in [6.07, 6.45) is 3.54. The predicted molar refractivity (Wildman–Crippen MR) is 196 cm³/mol. The van der Waals surface area contributed by atoms with Gasteiger partial charge in [0.05, 0.1) is 11.4 Å². The molecule has 51 heavy (non-hydrogen) atoms. The zero-order valence-corrected chi connectivity index (χ0v) is 27.2. The largest absolute Gasteiger partial charge is 0.359 e. The topological polar surface area (TPSA) is 89.6 Å². The summed E-state index contributed by atoms with van der Waals surface area (Å²) < 4.78 is 3.34. The molecule has 4 aromatic carbocycles. The fraction of sp³-hybridized carbons (Fsp3) is 0.0233. The summed E-state index contributed by atoms with van der Waals surface area (Å²) in [5.74, 6) is 1.43. The van der Waals surface area contributed by atoms with Gasteiger partial charge in [0.25, 0.3) is 5.82 Å². The molecule has 4 aromatic heterocycles. The van der Waals surface area contributed by atoms with Crippen LogP contribution in [0.4, 0.5) is 5.82 Å². The minimum atomic E-state index is -1.03. The molecular weight excluding hydrogens is 629 g/mol. The Morgan fingerprint density at radius 1 is 0.529 bits per heavy atom. The van der Waals surface area contributed by atoms with E-state index in [0.717, 1.165) is 33.4 Å². The van der Waals surface area contributed by atoms with Gasteiger partial charge >= 0.3 is 0 Å². The molecule has 240 valence electrons. The number of nitrogens with zero attached hydrogens (tertiary/aromatic N) is 8. The molecule has 0 bridgehead atoms. The van der Waals surface area contributed by atoms with E-state index < -0.39 is 5.41 Å². The SMILES string of the molecule is [C-]#[N+]c1ccn(-c2nc(C(c3ccccc3)(c3ccccc3)c3ccc(-c4ccccc4)c(-n4ccc(C#N)n4)n3)ccc2-c2ccccc2)n1. The Morgan fingerprint density at radius 3 is 1.41 bits per heavy atom. The first-order valence-electron chi connectivity index (χ1n) is 16.3. The van der Waals surface area contributed by atoms with E-state index in [1.165, 1.54) is 0 Å². The van der Waals surface area contributed by atoms with Crippen molar-refractivity contribution >= 4 is 5.82 Å². The molecule has 0 spiro atoms. The van der Waals surface area contributed by atoms with Crippen molar-refractivity contribution in [2.24, 2.45) is 0 Å². The second kappa shape index (κ2) is 13.2. The lowest BCUT2D eigenvalue weighted by Gasteiger charge is -2.35. The zero-order chi connectivity index (χ0) is 34.6. The molecule has 0 saturated heterocycles. The van der Waals surface area contributed by atoms with Crippen LogP contribution in [0.3, 0.4) is 0 Å². The predicted octanol–water partition coefficient (Wildman–Crippen LogP) is 8.99. The van der Waals surface area contributed by atoms with Crippen molar-refractivity contribution in [1.29, 1.82) is 5.26 Å². The highest BCUT2D eigenvalue weighted by Crippen LogP contribution is 2.45. The second-order valence-electron chi connectivity index (χ2n) is 11.8. The standard InChI is InChI=1S/C43H28N8/c1-45-40-27-29-51(49-40)42-37(32-16-8-3-9-17-32)23-25-39(47-42)43(33-18-10-4-11-19-33,34-20-12-5-13-21-34)38-24-22-36(31-14-6-2-7-15-31)41(46-38)50-28-26-35(30-44)48-50/h2-29H. The summed E-state index contributed by atoms with van der Waals surface area (Å²) in [4.78, 5) is 14.5. The van der Waals surface area contributed by atoms with Crippen LogP contribution in [0.5, 0.6) is 0 Å². The van der Waals surface area contributed by atoms with Crippen LogP contribution in [-0.4, -0.2) is 29.5 Å². The Balaban J connectivity index is 1.47. The maximum absolute atomic E-state index is 9.68. The van der Waals surface area contributed by atoms with Gasteiger partial charge < -0.3 is 4.85 Å². The van der Waals surface area contributed by atoms with Crippen LogP contribution in [0.15, 0.2) is 170 Å². The van der Waals surface area contributed by atoms with Gasteiger partial charge in [-0.2, -0.15) is 10.4 Å². The average Bonchev–Trinajstić information content (AvgIpc) is 3.90. The first kappa shape index (κ1) is 30.9. The van der Waals surface area contributed by atoms with Crippen molar-refractivity contribution < 1.29 is 0 Å². The van der Waals surface area contributed by atoms with Crippen LogP contribution < -0.4 is 0 Å². The zero-order valence-electron chi connectivity index (χ0n) is 27.2. The first-order valence-corrected chi connectivity index (χ1v) is 16.3. The number of pyridine rings is 2. The quantitative estimate of drug-likeness (QED) is 0.152. The highest BCUT2D eigenvalue weighted by Gasteiger charge is 2.42. The molecule has 8 nitrogen and oxygen atoms in total. The third-order valence-electron chi connectivity index (χ3n) is 8.93. The smallest absolute Gasteiger partial charge is 0.295 e. The van der Waals surface area contributed by atoms with Crippen molar-refractivity contribution in [3.63, 3.8) is 0 Å². The summed E-state index contributed by atoms with van der Waals surface area (Å²) >= 11 is 0. The Kier molecular flexibility index (Phi) is 8.01. The van der Waals surface area contributed by atoms with Crippen LogP contribution in [0, 0.1) is 17.9 Å². The van der Waals surface area contributed by atoms with Crippen molar-refractivity contribution in [1.82, 2.24) is 29.5 Å². The molecule has 4 heterocycles. The van der Waals surface area contributed by atoms with Crippen LogP contribution in [-0.2, 0) is 5.41 Å².